The molecule has 658 valence electrons. The number of aliphatic hydroxyl groups is 16. The van der Waals surface area contributed by atoms with E-state index >= 15 is 0 Å². The molecule has 24 heteroatoms. The molecule has 24 nitrogen and oxygen atoms in total. The van der Waals surface area contributed by atoms with Crippen LogP contribution in [0.2, 0.25) is 0 Å². The first-order chi connectivity index (χ1) is 57.8. The van der Waals surface area contributed by atoms with Crippen LogP contribution in [-0.4, -0.2) is 232 Å². The predicted octanol–water partition coefficient (Wildman–Crippen LogP) is 12.6. The Bertz CT molecular complexity index is 4070. The van der Waals surface area contributed by atoms with Crippen LogP contribution in [0.5, 0.6) is 46.0 Å². The van der Waals surface area contributed by atoms with Gasteiger partial charge in [0.05, 0.1) is 48.8 Å². The summed E-state index contributed by atoms with van der Waals surface area (Å²) in [6.07, 6.45) is -11.4. The molecule has 16 N–H and O–H groups in total. The van der Waals surface area contributed by atoms with Crippen molar-refractivity contribution in [3.05, 3.63) is 158 Å². The van der Waals surface area contributed by atoms with E-state index in [9.17, 15) is 81.7 Å². The van der Waals surface area contributed by atoms with E-state index in [-0.39, 0.29) is 100 Å². The first-order valence-electron chi connectivity index (χ1n) is 42.8. The van der Waals surface area contributed by atoms with Crippen molar-refractivity contribution in [1.29, 1.82) is 0 Å². The summed E-state index contributed by atoms with van der Waals surface area (Å²) in [7, 11) is 0. The molecule has 120 heavy (non-hydrogen) atoms. The monoisotopic (exact) mass is 1670 g/mol. The van der Waals surface area contributed by atoms with E-state index in [0.29, 0.717) is 179 Å². The van der Waals surface area contributed by atoms with Crippen LogP contribution in [0.3, 0.4) is 0 Å². The fraction of sp³-hybridized carbons (Fsp3) is 0.500. The predicted molar refractivity (Wildman–Crippen MR) is 464 cm³/mol. The number of ether oxygens (including phenoxy) is 8. The van der Waals surface area contributed by atoms with E-state index in [0.717, 1.165) is 0 Å². The van der Waals surface area contributed by atoms with Crippen LogP contribution < -0.4 is 37.9 Å². The van der Waals surface area contributed by atoms with Gasteiger partial charge >= 0.3 is 0 Å². The largest absolute Gasteiger partial charge is 0.491 e. The van der Waals surface area contributed by atoms with Gasteiger partial charge in [-0.3, -0.25) is 0 Å². The van der Waals surface area contributed by atoms with Gasteiger partial charge < -0.3 is 120 Å². The summed E-state index contributed by atoms with van der Waals surface area (Å²) in [5.41, 5.74) is 7.70. The molecule has 0 saturated carbocycles. The molecule has 8 aromatic rings. The van der Waals surface area contributed by atoms with E-state index in [2.05, 4.69) is 0 Å². The average molecular weight is 1670 g/mol. The second kappa shape index (κ2) is 49.6. The Hall–Kier alpha value is -8.48. The van der Waals surface area contributed by atoms with Gasteiger partial charge in [-0.2, -0.15) is 0 Å². The van der Waals surface area contributed by atoms with Crippen LogP contribution in [0, 0.1) is 0 Å². The van der Waals surface area contributed by atoms with Crippen molar-refractivity contribution >= 4 is 0 Å². The van der Waals surface area contributed by atoms with E-state index in [1.807, 2.05) is 116 Å². The summed E-state index contributed by atoms with van der Waals surface area (Å²) < 4.78 is 51.3. The lowest BCUT2D eigenvalue weighted by Gasteiger charge is -2.23. The minimum atomic E-state index is -1.35. The van der Waals surface area contributed by atoms with Gasteiger partial charge in [-0.05, 0) is 193 Å². The van der Waals surface area contributed by atoms with E-state index in [1.54, 1.807) is 97.1 Å². The highest BCUT2D eigenvalue weighted by molar-refractivity contribution is 5.87. The molecule has 0 saturated heterocycles. The van der Waals surface area contributed by atoms with Crippen molar-refractivity contribution in [2.24, 2.45) is 0 Å². The maximum Gasteiger partial charge on any atom is 0.128 e. The summed E-state index contributed by atoms with van der Waals surface area (Å²) in [6, 6.07) is 46.7. The third-order valence-corrected chi connectivity index (χ3v) is 21.3. The molecule has 0 aliphatic heterocycles. The summed E-state index contributed by atoms with van der Waals surface area (Å²) >= 11 is 0. The first-order valence-corrected chi connectivity index (χ1v) is 42.8. The van der Waals surface area contributed by atoms with Gasteiger partial charge in [0.15, 0.2) is 0 Å². The molecule has 0 amide bonds. The van der Waals surface area contributed by atoms with Gasteiger partial charge in [-0.25, -0.2) is 0 Å². The van der Waals surface area contributed by atoms with Crippen molar-refractivity contribution in [1.82, 2.24) is 0 Å². The molecule has 16 atom stereocenters. The molecule has 16 unspecified atom stereocenters. The Balaban J connectivity index is 1.28. The number of hydrogen-bond donors (Lipinski definition) is 16. The molecular formula is C96H130O24. The summed E-state index contributed by atoms with van der Waals surface area (Å²) in [5, 5.41) is 177. The second-order valence-corrected chi connectivity index (χ2v) is 31.2. The van der Waals surface area contributed by atoms with Crippen molar-refractivity contribution in [3.63, 3.8) is 0 Å². The molecule has 0 fully saturated rings. The summed E-state index contributed by atoms with van der Waals surface area (Å²) in [5.74, 6) is 2.30. The van der Waals surface area contributed by atoms with Crippen LogP contribution in [0.25, 0.3) is 77.9 Å². The Labute approximate surface area is 706 Å². The van der Waals surface area contributed by atoms with Crippen LogP contribution in [0.15, 0.2) is 158 Å². The molecule has 0 aromatic heterocycles. The van der Waals surface area contributed by atoms with Gasteiger partial charge in [0.2, 0.25) is 0 Å². The van der Waals surface area contributed by atoms with Crippen LogP contribution in [0.1, 0.15) is 158 Å². The molecule has 8 aromatic carbocycles. The third-order valence-electron chi connectivity index (χ3n) is 21.3. The van der Waals surface area contributed by atoms with Crippen molar-refractivity contribution in [2.45, 2.75) is 256 Å². The lowest BCUT2D eigenvalue weighted by Crippen LogP contribution is -2.32. The molecule has 0 aliphatic rings. The maximum absolute atomic E-state index is 11.5. The van der Waals surface area contributed by atoms with Gasteiger partial charge in [0.25, 0.3) is 0 Å². The van der Waals surface area contributed by atoms with Crippen LogP contribution in [-0.2, 0) is 0 Å². The molecule has 0 bridgehead atoms. The van der Waals surface area contributed by atoms with Crippen molar-refractivity contribution in [3.8, 4) is 124 Å². The highest BCUT2D eigenvalue weighted by atomic mass is 16.5. The number of aliphatic hydroxyl groups excluding tert-OH is 16. The Kier molecular flexibility index (Phi) is 40.1. The van der Waals surface area contributed by atoms with Crippen LogP contribution in [0.4, 0.5) is 0 Å². The first kappa shape index (κ1) is 97.0. The quantitative estimate of drug-likeness (QED) is 0.0168. The molecule has 0 aliphatic carbocycles. The zero-order chi connectivity index (χ0) is 87.0. The number of hydrogen-bond acceptors (Lipinski definition) is 24. The smallest absolute Gasteiger partial charge is 0.128 e. The standard InChI is InChI=1S/C96H130O24/c1-9-19-75(97)83(105)51-113-67-29-17-27-59(43-67)61-31-37-69(91(45-61)115-53-85(107)77(99)21-11-3)71-39-33-63(47-93(71)117-55-87(109)79(101)23-13-5)65-35-41-73(95(49-65)119-57-89(111)81(103)25-15-7)74-42-36-66(50-96(74)120-58-90(112)82(104)26-16-8)64-34-40-72(94(48-64)118-56-88(110)80(102)24-14-6)70-38-32-62(46-92(70)116-54-86(108)78(100)22-12-4)60-28-18-30-68(44-60)114-52-84(106)76(98)20-10-2/h17-18,27-50,75-90,97-112H,9-16,19-26,51-58H2,1-8H3. The zero-order valence-electron chi connectivity index (χ0n) is 70.6. The van der Waals surface area contributed by atoms with E-state index in [1.165, 1.54) is 0 Å². The highest BCUT2D eigenvalue weighted by Gasteiger charge is 2.29. The Morgan fingerprint density at radius 3 is 0.483 bits per heavy atom. The fourth-order valence-electron chi connectivity index (χ4n) is 14.0. The number of benzene rings is 8. The fourth-order valence-corrected chi connectivity index (χ4v) is 14.0. The lowest BCUT2D eigenvalue weighted by atomic mass is 9.93. The maximum atomic E-state index is 11.5. The minimum absolute atomic E-state index is 0.150. The van der Waals surface area contributed by atoms with Crippen molar-refractivity contribution < 1.29 is 120 Å². The van der Waals surface area contributed by atoms with Gasteiger partial charge in [-0.15, -0.1) is 0 Å². The molecule has 8 rings (SSSR count). The molecular weight excluding hydrogens is 1540 g/mol. The Morgan fingerprint density at radius 2 is 0.325 bits per heavy atom. The topological polar surface area (TPSA) is 398 Å². The SMILES string of the molecule is CCCC(O)C(O)COc1cccc(-c2ccc(-c3ccc(-c4ccc(-c5ccc(-c6ccc(-c7ccc(-c8cccc(OCC(O)C(O)CCC)c8)cc7OCC(O)C(O)CCC)c(OCC(O)C(O)CCC)c6)cc5OCC(O)C(O)CCC)c(OCC(O)C(O)CCC)c4)cc3OCC(O)C(O)CCC)c(OCC(O)C(O)CCC)c2)c1. The molecule has 0 spiro atoms. The Morgan fingerprint density at radius 1 is 0.175 bits per heavy atom. The van der Waals surface area contributed by atoms with E-state index < -0.39 is 97.7 Å². The minimum Gasteiger partial charge on any atom is -0.491 e. The normalized spacial score (nSPS) is 15.8. The van der Waals surface area contributed by atoms with Gasteiger partial charge in [0, 0.05) is 33.4 Å². The third kappa shape index (κ3) is 28.3. The number of rotatable bonds is 55. The van der Waals surface area contributed by atoms with E-state index in [4.69, 9.17) is 37.9 Å². The second-order valence-electron chi connectivity index (χ2n) is 31.2. The molecule has 0 radical (unpaired) electrons. The van der Waals surface area contributed by atoms with Gasteiger partial charge in [0.1, 0.15) is 148 Å². The van der Waals surface area contributed by atoms with Crippen molar-refractivity contribution in [2.75, 3.05) is 52.9 Å². The zero-order valence-corrected chi connectivity index (χ0v) is 70.6. The highest BCUT2D eigenvalue weighted by Crippen LogP contribution is 2.47. The summed E-state index contributed by atoms with van der Waals surface area (Å²) in [6.45, 7) is 12.8. The average Bonchev–Trinajstić information content (AvgIpc) is 0.779. The lowest BCUT2D eigenvalue weighted by molar-refractivity contribution is -0.0120. The summed E-state index contributed by atoms with van der Waals surface area (Å²) in [4.78, 5) is 0. The van der Waals surface area contributed by atoms with Gasteiger partial charge in [-0.1, -0.05) is 167 Å². The molecule has 0 heterocycles. The van der Waals surface area contributed by atoms with Crippen LogP contribution >= 0.6 is 0 Å².